The van der Waals surface area contributed by atoms with Gasteiger partial charge in [0.2, 0.25) is 0 Å². The SMILES string of the molecule is Cc1c(O)cccc1C#CC(=O)O. The van der Waals surface area contributed by atoms with Gasteiger partial charge in [-0.2, -0.15) is 0 Å². The Morgan fingerprint density at radius 2 is 2.15 bits per heavy atom. The molecule has 0 aromatic heterocycles. The molecule has 0 atom stereocenters. The van der Waals surface area contributed by atoms with Gasteiger partial charge in [0.05, 0.1) is 0 Å². The maximum absolute atomic E-state index is 10.1. The Morgan fingerprint density at radius 3 is 2.77 bits per heavy atom. The number of hydrogen-bond acceptors (Lipinski definition) is 2. The second-order valence-corrected chi connectivity index (χ2v) is 2.50. The van der Waals surface area contributed by atoms with Gasteiger partial charge in [0, 0.05) is 17.0 Å². The maximum atomic E-state index is 10.1. The first-order valence-electron chi connectivity index (χ1n) is 3.65. The van der Waals surface area contributed by atoms with Gasteiger partial charge in [0.1, 0.15) is 5.75 Å². The standard InChI is InChI=1S/C10H8O3/c1-7-8(5-6-10(12)13)3-2-4-9(7)11/h2-4,11H,1H3,(H,12,13). The highest BCUT2D eigenvalue weighted by Crippen LogP contribution is 2.18. The van der Waals surface area contributed by atoms with E-state index in [2.05, 4.69) is 5.92 Å². The van der Waals surface area contributed by atoms with Gasteiger partial charge in [-0.05, 0) is 19.1 Å². The predicted octanol–water partition coefficient (Wildman–Crippen LogP) is 1.14. The van der Waals surface area contributed by atoms with Gasteiger partial charge in [-0.3, -0.25) is 0 Å². The molecule has 0 fully saturated rings. The quantitative estimate of drug-likeness (QED) is 0.583. The summed E-state index contributed by atoms with van der Waals surface area (Å²) in [5, 5.41) is 17.5. The third-order valence-corrected chi connectivity index (χ3v) is 1.61. The highest BCUT2D eigenvalue weighted by Gasteiger charge is 1.98. The Morgan fingerprint density at radius 1 is 1.46 bits per heavy atom. The first-order chi connectivity index (χ1) is 6.11. The van der Waals surface area contributed by atoms with Crippen molar-refractivity contribution in [2.24, 2.45) is 0 Å². The van der Waals surface area contributed by atoms with Crippen molar-refractivity contribution >= 4 is 5.97 Å². The summed E-state index contributed by atoms with van der Waals surface area (Å²) in [6.45, 7) is 1.68. The summed E-state index contributed by atoms with van der Waals surface area (Å²) >= 11 is 0. The van der Waals surface area contributed by atoms with Gasteiger partial charge in [-0.25, -0.2) is 4.79 Å². The van der Waals surface area contributed by atoms with E-state index in [1.54, 1.807) is 19.1 Å². The molecule has 0 bridgehead atoms. The summed E-state index contributed by atoms with van der Waals surface area (Å²) in [6, 6.07) is 4.81. The second-order valence-electron chi connectivity index (χ2n) is 2.50. The van der Waals surface area contributed by atoms with E-state index >= 15 is 0 Å². The van der Waals surface area contributed by atoms with Crippen LogP contribution in [0.2, 0.25) is 0 Å². The fourth-order valence-electron chi connectivity index (χ4n) is 0.880. The molecule has 0 unspecified atom stereocenters. The predicted molar refractivity (Wildman–Crippen MR) is 47.4 cm³/mol. The number of carboxylic acids is 1. The molecule has 0 amide bonds. The third-order valence-electron chi connectivity index (χ3n) is 1.61. The molecular formula is C10H8O3. The molecule has 0 saturated heterocycles. The Hall–Kier alpha value is -1.95. The molecular weight excluding hydrogens is 168 g/mol. The number of carboxylic acid groups (broad SMARTS) is 1. The number of phenols is 1. The molecule has 1 rings (SSSR count). The van der Waals surface area contributed by atoms with Crippen molar-refractivity contribution in [3.63, 3.8) is 0 Å². The van der Waals surface area contributed by atoms with Crippen LogP contribution in [0.1, 0.15) is 11.1 Å². The lowest BCUT2D eigenvalue weighted by molar-refractivity contribution is -0.130. The minimum atomic E-state index is -1.18. The summed E-state index contributed by atoms with van der Waals surface area (Å²) in [7, 11) is 0. The van der Waals surface area contributed by atoms with Crippen LogP contribution >= 0.6 is 0 Å². The molecule has 0 aliphatic heterocycles. The lowest BCUT2D eigenvalue weighted by atomic mass is 10.1. The molecule has 13 heavy (non-hydrogen) atoms. The molecule has 0 aliphatic carbocycles. The van der Waals surface area contributed by atoms with E-state index in [0.29, 0.717) is 11.1 Å². The van der Waals surface area contributed by atoms with Crippen LogP contribution in [0.15, 0.2) is 18.2 Å². The van der Waals surface area contributed by atoms with E-state index in [1.807, 2.05) is 5.92 Å². The van der Waals surface area contributed by atoms with Gasteiger partial charge in [-0.15, -0.1) is 0 Å². The van der Waals surface area contributed by atoms with Crippen molar-refractivity contribution in [2.45, 2.75) is 6.92 Å². The van der Waals surface area contributed by atoms with Crippen molar-refractivity contribution in [3.05, 3.63) is 29.3 Å². The summed E-state index contributed by atoms with van der Waals surface area (Å²) in [6.07, 6.45) is 0. The molecule has 3 heteroatoms. The number of benzene rings is 1. The zero-order valence-corrected chi connectivity index (χ0v) is 7.03. The number of phenolic OH excluding ortho intramolecular Hbond substituents is 1. The van der Waals surface area contributed by atoms with Gasteiger partial charge >= 0.3 is 5.97 Å². The number of rotatable bonds is 0. The highest BCUT2D eigenvalue weighted by molar-refractivity contribution is 5.87. The molecule has 0 saturated carbocycles. The van der Waals surface area contributed by atoms with Crippen LogP contribution in [0, 0.1) is 18.8 Å². The van der Waals surface area contributed by atoms with Crippen LogP contribution in [0.4, 0.5) is 0 Å². The smallest absolute Gasteiger partial charge is 0.382 e. The molecule has 1 aromatic rings. The van der Waals surface area contributed by atoms with E-state index in [-0.39, 0.29) is 5.75 Å². The second kappa shape index (κ2) is 3.63. The average molecular weight is 176 g/mol. The molecule has 0 aliphatic rings. The number of aromatic hydroxyl groups is 1. The van der Waals surface area contributed by atoms with Crippen LogP contribution < -0.4 is 0 Å². The van der Waals surface area contributed by atoms with Crippen LogP contribution in [-0.2, 0) is 4.79 Å². The fourth-order valence-corrected chi connectivity index (χ4v) is 0.880. The highest BCUT2D eigenvalue weighted by atomic mass is 16.4. The minimum absolute atomic E-state index is 0.122. The molecule has 0 spiro atoms. The first-order valence-corrected chi connectivity index (χ1v) is 3.65. The van der Waals surface area contributed by atoms with Crippen LogP contribution in [-0.4, -0.2) is 16.2 Å². The first kappa shape index (κ1) is 9.14. The van der Waals surface area contributed by atoms with Crippen molar-refractivity contribution in [1.29, 1.82) is 0 Å². The van der Waals surface area contributed by atoms with Gasteiger partial charge in [0.25, 0.3) is 0 Å². The van der Waals surface area contributed by atoms with E-state index in [9.17, 15) is 9.90 Å². The van der Waals surface area contributed by atoms with E-state index in [4.69, 9.17) is 5.11 Å². The average Bonchev–Trinajstić information content (AvgIpc) is 2.07. The van der Waals surface area contributed by atoms with E-state index in [1.165, 1.54) is 6.07 Å². The fraction of sp³-hybridized carbons (Fsp3) is 0.100. The zero-order chi connectivity index (χ0) is 9.84. The zero-order valence-electron chi connectivity index (χ0n) is 7.03. The molecule has 0 radical (unpaired) electrons. The Kier molecular flexibility index (Phi) is 2.56. The molecule has 66 valence electrons. The van der Waals surface area contributed by atoms with Gasteiger partial charge in [-0.1, -0.05) is 12.0 Å². The lowest BCUT2D eigenvalue weighted by Crippen LogP contribution is -1.88. The van der Waals surface area contributed by atoms with Crippen LogP contribution in [0.25, 0.3) is 0 Å². The topological polar surface area (TPSA) is 57.5 Å². The van der Waals surface area contributed by atoms with Crippen molar-refractivity contribution in [1.82, 2.24) is 0 Å². The van der Waals surface area contributed by atoms with Crippen molar-refractivity contribution < 1.29 is 15.0 Å². The van der Waals surface area contributed by atoms with Gasteiger partial charge < -0.3 is 10.2 Å². The third kappa shape index (κ3) is 2.24. The van der Waals surface area contributed by atoms with Crippen LogP contribution in [0.5, 0.6) is 5.75 Å². The molecule has 0 heterocycles. The summed E-state index contributed by atoms with van der Waals surface area (Å²) in [5.74, 6) is 3.37. The Bertz CT molecular complexity index is 396. The summed E-state index contributed by atoms with van der Waals surface area (Å²) in [5.41, 5.74) is 1.12. The molecule has 1 aromatic carbocycles. The van der Waals surface area contributed by atoms with E-state index in [0.717, 1.165) is 0 Å². The minimum Gasteiger partial charge on any atom is -0.508 e. The summed E-state index contributed by atoms with van der Waals surface area (Å²) < 4.78 is 0. The number of hydrogen-bond donors (Lipinski definition) is 2. The van der Waals surface area contributed by atoms with Crippen molar-refractivity contribution in [3.8, 4) is 17.6 Å². The monoisotopic (exact) mass is 176 g/mol. The van der Waals surface area contributed by atoms with Crippen LogP contribution in [0.3, 0.4) is 0 Å². The number of carbonyl (C=O) groups is 1. The normalized spacial score (nSPS) is 8.69. The summed E-state index contributed by atoms with van der Waals surface area (Å²) in [4.78, 5) is 10.1. The van der Waals surface area contributed by atoms with E-state index < -0.39 is 5.97 Å². The van der Waals surface area contributed by atoms with Crippen molar-refractivity contribution in [2.75, 3.05) is 0 Å². The molecule has 2 N–H and O–H groups in total. The largest absolute Gasteiger partial charge is 0.508 e. The maximum Gasteiger partial charge on any atom is 0.382 e. The Balaban J connectivity index is 3.11. The molecule has 3 nitrogen and oxygen atoms in total. The van der Waals surface area contributed by atoms with Gasteiger partial charge in [0.15, 0.2) is 0 Å². The lowest BCUT2D eigenvalue weighted by Gasteiger charge is -1.99. The number of aliphatic carboxylic acids is 1. The Labute approximate surface area is 75.6 Å².